The Labute approximate surface area is 147 Å². The number of nitrogens with one attached hydrogen (secondary N) is 1. The van der Waals surface area contributed by atoms with Crippen LogP contribution in [0.2, 0.25) is 5.02 Å². The van der Waals surface area contributed by atoms with Crippen LogP contribution in [0.15, 0.2) is 48.0 Å². The third-order valence-electron chi connectivity index (χ3n) is 3.71. The van der Waals surface area contributed by atoms with Crippen LogP contribution < -0.4 is 5.32 Å². The molecular formula is C20H19ClN2O. The average Bonchev–Trinajstić information content (AvgIpc) is 2.55. The highest BCUT2D eigenvalue weighted by Crippen LogP contribution is 2.28. The van der Waals surface area contributed by atoms with Crippen molar-refractivity contribution in [3.8, 4) is 6.07 Å². The number of anilines is 1. The van der Waals surface area contributed by atoms with Crippen LogP contribution in [0.3, 0.4) is 0 Å². The lowest BCUT2D eigenvalue weighted by Gasteiger charge is -2.16. The van der Waals surface area contributed by atoms with Crippen LogP contribution in [0.1, 0.15) is 36.5 Å². The van der Waals surface area contributed by atoms with Gasteiger partial charge in [-0.15, -0.1) is 0 Å². The molecule has 0 saturated heterocycles. The highest BCUT2D eigenvalue weighted by molar-refractivity contribution is 6.30. The van der Waals surface area contributed by atoms with E-state index in [1.165, 1.54) is 0 Å². The lowest BCUT2D eigenvalue weighted by Crippen LogP contribution is -2.16. The molecule has 0 unspecified atom stereocenters. The summed E-state index contributed by atoms with van der Waals surface area (Å²) in [5.41, 5.74) is 3.59. The Balaban J connectivity index is 2.31. The Hall–Kier alpha value is -2.57. The van der Waals surface area contributed by atoms with Crippen LogP contribution in [0.5, 0.6) is 0 Å². The lowest BCUT2D eigenvalue weighted by atomic mass is 9.98. The molecule has 0 saturated carbocycles. The summed E-state index contributed by atoms with van der Waals surface area (Å²) in [6.45, 7) is 6.08. The first-order chi connectivity index (χ1) is 11.4. The summed E-state index contributed by atoms with van der Waals surface area (Å²) in [5.74, 6) is -0.144. The van der Waals surface area contributed by atoms with E-state index in [-0.39, 0.29) is 11.5 Å². The van der Waals surface area contributed by atoms with Crippen LogP contribution >= 0.6 is 11.6 Å². The maximum atomic E-state index is 12.5. The SMILES string of the molecule is Cc1cccc(C(C)C)c1NC(=O)/C(C#N)=C/c1ccc(Cl)cc1. The normalized spacial score (nSPS) is 11.2. The Morgan fingerprint density at radius 3 is 2.46 bits per heavy atom. The zero-order valence-corrected chi connectivity index (χ0v) is 14.7. The van der Waals surface area contributed by atoms with Crippen molar-refractivity contribution < 1.29 is 4.79 Å². The zero-order valence-electron chi connectivity index (χ0n) is 13.9. The van der Waals surface area contributed by atoms with E-state index in [2.05, 4.69) is 19.2 Å². The second kappa shape index (κ2) is 7.81. The molecule has 0 atom stereocenters. The zero-order chi connectivity index (χ0) is 17.7. The summed E-state index contributed by atoms with van der Waals surface area (Å²) in [6, 6.07) is 14.8. The van der Waals surface area contributed by atoms with Gasteiger partial charge in [0.25, 0.3) is 5.91 Å². The van der Waals surface area contributed by atoms with Crippen molar-refractivity contribution >= 4 is 29.3 Å². The highest BCUT2D eigenvalue weighted by Gasteiger charge is 2.15. The molecule has 0 aliphatic rings. The predicted octanol–water partition coefficient (Wildman–Crippen LogP) is 5.32. The summed E-state index contributed by atoms with van der Waals surface area (Å²) in [5, 5.41) is 12.8. The van der Waals surface area contributed by atoms with Gasteiger partial charge in [-0.1, -0.05) is 55.8 Å². The predicted molar refractivity (Wildman–Crippen MR) is 98.9 cm³/mol. The fourth-order valence-electron chi connectivity index (χ4n) is 2.40. The second-order valence-corrected chi connectivity index (χ2v) is 6.31. The molecule has 1 N–H and O–H groups in total. The molecule has 2 rings (SSSR count). The first-order valence-corrected chi connectivity index (χ1v) is 8.08. The third kappa shape index (κ3) is 4.24. The van der Waals surface area contributed by atoms with E-state index in [4.69, 9.17) is 11.6 Å². The van der Waals surface area contributed by atoms with E-state index in [9.17, 15) is 10.1 Å². The van der Waals surface area contributed by atoms with Crippen LogP contribution in [0.4, 0.5) is 5.69 Å². The van der Waals surface area contributed by atoms with Crippen LogP contribution in [0, 0.1) is 18.3 Å². The molecule has 0 aliphatic carbocycles. The average molecular weight is 339 g/mol. The minimum atomic E-state index is -0.413. The standard InChI is InChI=1S/C20H19ClN2O/c1-13(2)18-6-4-5-14(3)19(18)23-20(24)16(12-22)11-15-7-9-17(21)10-8-15/h4-11,13H,1-3H3,(H,23,24)/b16-11+. The minimum absolute atomic E-state index is 0.0512. The van der Waals surface area contributed by atoms with Crippen LogP contribution in [-0.4, -0.2) is 5.91 Å². The van der Waals surface area contributed by atoms with Gasteiger partial charge in [0.2, 0.25) is 0 Å². The summed E-state index contributed by atoms with van der Waals surface area (Å²) < 4.78 is 0. The number of carbonyl (C=O) groups excluding carboxylic acids is 1. The molecule has 0 bridgehead atoms. The summed E-state index contributed by atoms with van der Waals surface area (Å²) in [4.78, 5) is 12.5. The molecule has 0 radical (unpaired) electrons. The van der Waals surface area contributed by atoms with E-state index < -0.39 is 5.91 Å². The van der Waals surface area contributed by atoms with Gasteiger partial charge >= 0.3 is 0 Å². The molecule has 0 spiro atoms. The number of hydrogen-bond acceptors (Lipinski definition) is 2. The molecule has 1 amide bonds. The van der Waals surface area contributed by atoms with Gasteiger partial charge in [0, 0.05) is 10.7 Å². The van der Waals surface area contributed by atoms with Gasteiger partial charge in [-0.05, 0) is 47.7 Å². The highest BCUT2D eigenvalue weighted by atomic mass is 35.5. The van der Waals surface area contributed by atoms with E-state index in [1.54, 1.807) is 30.3 Å². The van der Waals surface area contributed by atoms with Crippen molar-refractivity contribution in [3.05, 3.63) is 69.8 Å². The summed E-state index contributed by atoms with van der Waals surface area (Å²) in [6.07, 6.45) is 1.55. The van der Waals surface area contributed by atoms with Crippen molar-refractivity contribution in [2.24, 2.45) is 0 Å². The molecule has 122 valence electrons. The summed E-state index contributed by atoms with van der Waals surface area (Å²) in [7, 11) is 0. The van der Waals surface area contributed by atoms with Gasteiger partial charge in [-0.2, -0.15) is 5.26 Å². The third-order valence-corrected chi connectivity index (χ3v) is 3.96. The quantitative estimate of drug-likeness (QED) is 0.606. The Morgan fingerprint density at radius 2 is 1.88 bits per heavy atom. The molecule has 24 heavy (non-hydrogen) atoms. The lowest BCUT2D eigenvalue weighted by molar-refractivity contribution is -0.112. The molecule has 2 aromatic carbocycles. The first-order valence-electron chi connectivity index (χ1n) is 7.70. The molecular weight excluding hydrogens is 320 g/mol. The van der Waals surface area contributed by atoms with Gasteiger partial charge < -0.3 is 5.32 Å². The number of benzene rings is 2. The van der Waals surface area contributed by atoms with Gasteiger partial charge in [-0.3, -0.25) is 4.79 Å². The van der Waals surface area contributed by atoms with Gasteiger partial charge in [-0.25, -0.2) is 0 Å². The van der Waals surface area contributed by atoms with Gasteiger partial charge in [0.15, 0.2) is 0 Å². The number of amides is 1. The van der Waals surface area contributed by atoms with Crippen molar-refractivity contribution in [1.29, 1.82) is 5.26 Å². The number of rotatable bonds is 4. The second-order valence-electron chi connectivity index (χ2n) is 5.87. The topological polar surface area (TPSA) is 52.9 Å². The fraction of sp³-hybridized carbons (Fsp3) is 0.200. The molecule has 0 aliphatic heterocycles. The minimum Gasteiger partial charge on any atom is -0.321 e. The fourth-order valence-corrected chi connectivity index (χ4v) is 2.52. The maximum Gasteiger partial charge on any atom is 0.266 e. The maximum absolute atomic E-state index is 12.5. The number of para-hydroxylation sites is 1. The monoisotopic (exact) mass is 338 g/mol. The smallest absolute Gasteiger partial charge is 0.266 e. The van der Waals surface area contributed by atoms with Crippen LogP contribution in [0.25, 0.3) is 6.08 Å². The van der Waals surface area contributed by atoms with Crippen molar-refractivity contribution in [2.75, 3.05) is 5.32 Å². The van der Waals surface area contributed by atoms with E-state index in [1.807, 2.05) is 31.2 Å². The Bertz CT molecular complexity index is 815. The largest absolute Gasteiger partial charge is 0.321 e. The number of nitrogens with zero attached hydrogens (tertiary/aromatic N) is 1. The molecule has 0 heterocycles. The van der Waals surface area contributed by atoms with Crippen molar-refractivity contribution in [3.63, 3.8) is 0 Å². The van der Waals surface area contributed by atoms with E-state index >= 15 is 0 Å². The molecule has 3 nitrogen and oxygen atoms in total. The van der Waals surface area contributed by atoms with Gasteiger partial charge in [0.1, 0.15) is 11.6 Å². The molecule has 2 aromatic rings. The number of carbonyl (C=O) groups is 1. The van der Waals surface area contributed by atoms with Crippen LogP contribution in [-0.2, 0) is 4.79 Å². The first kappa shape index (κ1) is 17.8. The summed E-state index contributed by atoms with van der Waals surface area (Å²) >= 11 is 5.85. The van der Waals surface area contributed by atoms with Gasteiger partial charge in [0.05, 0.1) is 0 Å². The molecule has 0 aromatic heterocycles. The molecule has 0 fully saturated rings. The molecule has 4 heteroatoms. The number of halogens is 1. The van der Waals surface area contributed by atoms with Crippen molar-refractivity contribution in [2.45, 2.75) is 26.7 Å². The van der Waals surface area contributed by atoms with E-state index in [0.717, 1.165) is 22.4 Å². The Morgan fingerprint density at radius 1 is 1.21 bits per heavy atom. The number of aryl methyl sites for hydroxylation is 1. The van der Waals surface area contributed by atoms with E-state index in [0.29, 0.717) is 5.02 Å². The Kier molecular flexibility index (Phi) is 5.78. The number of hydrogen-bond donors (Lipinski definition) is 1. The number of nitriles is 1. The van der Waals surface area contributed by atoms with Crippen molar-refractivity contribution in [1.82, 2.24) is 0 Å².